The van der Waals surface area contributed by atoms with Crippen molar-refractivity contribution in [1.29, 1.82) is 0 Å². The number of nitrogens with one attached hydrogen (secondary N) is 1. The van der Waals surface area contributed by atoms with Crippen LogP contribution in [0.25, 0.3) is 0 Å². The normalized spacial score (nSPS) is 22.5. The van der Waals surface area contributed by atoms with Crippen molar-refractivity contribution < 1.29 is 5.11 Å². The highest BCUT2D eigenvalue weighted by molar-refractivity contribution is 5.54. The number of anilines is 1. The van der Waals surface area contributed by atoms with Crippen molar-refractivity contribution in [2.24, 2.45) is 5.92 Å². The molecule has 3 heteroatoms. The molecule has 0 spiro atoms. The molecule has 2 unspecified atom stereocenters. The lowest BCUT2D eigenvalue weighted by Gasteiger charge is -2.37. The number of rotatable bonds is 6. The molecule has 1 fully saturated rings. The first kappa shape index (κ1) is 16.3. The van der Waals surface area contributed by atoms with Crippen LogP contribution in [0.5, 0.6) is 0 Å². The van der Waals surface area contributed by atoms with E-state index < -0.39 is 0 Å². The van der Waals surface area contributed by atoms with Crippen LogP contribution in [-0.2, 0) is 6.54 Å². The third-order valence-electron chi connectivity index (χ3n) is 4.43. The largest absolute Gasteiger partial charge is 0.391 e. The number of likely N-dealkylation sites (N-methyl/N-ethyl adjacent to an activating group) is 1. The summed E-state index contributed by atoms with van der Waals surface area (Å²) < 4.78 is 0. The van der Waals surface area contributed by atoms with Gasteiger partial charge in [-0.15, -0.1) is 0 Å². The maximum atomic E-state index is 10.3. The SMILES string of the molecule is CC(C)CNCc1ccccc1N(C)C1CCCCC1O. The molecule has 0 aromatic heterocycles. The number of nitrogens with zero attached hydrogens (tertiary/aromatic N) is 1. The molecular weight excluding hydrogens is 260 g/mol. The summed E-state index contributed by atoms with van der Waals surface area (Å²) in [5.41, 5.74) is 2.57. The zero-order valence-electron chi connectivity index (χ0n) is 13.7. The second-order valence-electron chi connectivity index (χ2n) is 6.68. The molecule has 2 rings (SSSR count). The van der Waals surface area contributed by atoms with Gasteiger partial charge in [-0.05, 0) is 36.9 Å². The van der Waals surface area contributed by atoms with E-state index in [-0.39, 0.29) is 12.1 Å². The number of para-hydroxylation sites is 1. The van der Waals surface area contributed by atoms with Crippen molar-refractivity contribution in [1.82, 2.24) is 5.32 Å². The second-order valence-corrected chi connectivity index (χ2v) is 6.68. The van der Waals surface area contributed by atoms with Gasteiger partial charge in [0, 0.05) is 19.3 Å². The van der Waals surface area contributed by atoms with E-state index in [0.29, 0.717) is 5.92 Å². The summed E-state index contributed by atoms with van der Waals surface area (Å²) in [7, 11) is 2.13. The van der Waals surface area contributed by atoms with Gasteiger partial charge in [0.2, 0.25) is 0 Å². The Kier molecular flexibility index (Phi) is 6.07. The fraction of sp³-hybridized carbons (Fsp3) is 0.667. The minimum Gasteiger partial charge on any atom is -0.391 e. The standard InChI is InChI=1S/C18H30N2O/c1-14(2)12-19-13-15-8-4-5-9-16(15)20(3)17-10-6-7-11-18(17)21/h4-5,8-9,14,17-19,21H,6-7,10-13H2,1-3H3. The quantitative estimate of drug-likeness (QED) is 0.844. The molecule has 2 atom stereocenters. The molecule has 1 aromatic carbocycles. The van der Waals surface area contributed by atoms with Crippen molar-refractivity contribution in [2.75, 3.05) is 18.5 Å². The second kappa shape index (κ2) is 7.81. The molecule has 0 amide bonds. The van der Waals surface area contributed by atoms with E-state index in [1.165, 1.54) is 17.7 Å². The predicted octanol–water partition coefficient (Wildman–Crippen LogP) is 3.17. The van der Waals surface area contributed by atoms with E-state index in [1.54, 1.807) is 0 Å². The van der Waals surface area contributed by atoms with Crippen molar-refractivity contribution in [3.8, 4) is 0 Å². The Morgan fingerprint density at radius 1 is 1.24 bits per heavy atom. The number of aliphatic hydroxyl groups is 1. The van der Waals surface area contributed by atoms with Gasteiger partial charge in [-0.2, -0.15) is 0 Å². The maximum Gasteiger partial charge on any atom is 0.0743 e. The van der Waals surface area contributed by atoms with Crippen LogP contribution in [0.2, 0.25) is 0 Å². The third kappa shape index (κ3) is 4.45. The Morgan fingerprint density at radius 3 is 2.67 bits per heavy atom. The highest BCUT2D eigenvalue weighted by Crippen LogP contribution is 2.28. The zero-order valence-corrected chi connectivity index (χ0v) is 13.7. The van der Waals surface area contributed by atoms with E-state index in [2.05, 4.69) is 55.4 Å². The van der Waals surface area contributed by atoms with E-state index in [1.807, 2.05) is 0 Å². The van der Waals surface area contributed by atoms with Crippen molar-refractivity contribution in [2.45, 2.75) is 58.2 Å². The maximum absolute atomic E-state index is 10.3. The molecule has 21 heavy (non-hydrogen) atoms. The summed E-state index contributed by atoms with van der Waals surface area (Å²) in [5.74, 6) is 0.662. The summed E-state index contributed by atoms with van der Waals surface area (Å²) in [6.07, 6.45) is 4.21. The number of hydrogen-bond donors (Lipinski definition) is 2. The molecule has 0 aliphatic heterocycles. The van der Waals surface area contributed by atoms with Gasteiger partial charge in [0.05, 0.1) is 12.1 Å². The lowest BCUT2D eigenvalue weighted by atomic mass is 9.91. The zero-order chi connectivity index (χ0) is 15.2. The van der Waals surface area contributed by atoms with Crippen LogP contribution >= 0.6 is 0 Å². The van der Waals surface area contributed by atoms with E-state index in [0.717, 1.165) is 32.4 Å². The molecular formula is C18H30N2O. The smallest absolute Gasteiger partial charge is 0.0743 e. The topological polar surface area (TPSA) is 35.5 Å². The van der Waals surface area contributed by atoms with E-state index >= 15 is 0 Å². The highest BCUT2D eigenvalue weighted by Gasteiger charge is 2.27. The van der Waals surface area contributed by atoms with Crippen LogP contribution < -0.4 is 10.2 Å². The fourth-order valence-corrected chi connectivity index (χ4v) is 3.22. The first-order chi connectivity index (χ1) is 10.1. The van der Waals surface area contributed by atoms with Crippen LogP contribution in [0.4, 0.5) is 5.69 Å². The molecule has 0 bridgehead atoms. The molecule has 1 saturated carbocycles. The molecule has 2 N–H and O–H groups in total. The summed E-state index contributed by atoms with van der Waals surface area (Å²) in [6, 6.07) is 8.81. The summed E-state index contributed by atoms with van der Waals surface area (Å²) >= 11 is 0. The Hall–Kier alpha value is -1.06. The summed E-state index contributed by atoms with van der Waals surface area (Å²) in [6.45, 7) is 6.37. The molecule has 1 aromatic rings. The molecule has 3 nitrogen and oxygen atoms in total. The van der Waals surface area contributed by atoms with Crippen LogP contribution in [0.15, 0.2) is 24.3 Å². The van der Waals surface area contributed by atoms with E-state index in [4.69, 9.17) is 0 Å². The summed E-state index contributed by atoms with van der Waals surface area (Å²) in [4.78, 5) is 2.29. The molecule has 0 heterocycles. The van der Waals surface area contributed by atoms with E-state index in [9.17, 15) is 5.11 Å². The average molecular weight is 290 g/mol. The lowest BCUT2D eigenvalue weighted by molar-refractivity contribution is 0.106. The third-order valence-corrected chi connectivity index (χ3v) is 4.43. The van der Waals surface area contributed by atoms with Gasteiger partial charge in [-0.25, -0.2) is 0 Å². The minimum atomic E-state index is -0.194. The van der Waals surface area contributed by atoms with Crippen LogP contribution in [0, 0.1) is 5.92 Å². The first-order valence-corrected chi connectivity index (χ1v) is 8.29. The molecule has 0 saturated heterocycles. The van der Waals surface area contributed by atoms with Crippen molar-refractivity contribution in [3.63, 3.8) is 0 Å². The Balaban J connectivity index is 2.07. The Morgan fingerprint density at radius 2 is 1.95 bits per heavy atom. The van der Waals surface area contributed by atoms with Gasteiger partial charge < -0.3 is 15.3 Å². The lowest BCUT2D eigenvalue weighted by Crippen LogP contribution is -2.44. The first-order valence-electron chi connectivity index (χ1n) is 8.29. The minimum absolute atomic E-state index is 0.194. The Labute approximate surface area is 129 Å². The van der Waals surface area contributed by atoms with Gasteiger partial charge in [-0.1, -0.05) is 44.9 Å². The van der Waals surface area contributed by atoms with Gasteiger partial charge in [-0.3, -0.25) is 0 Å². The molecule has 1 aliphatic rings. The summed E-state index contributed by atoms with van der Waals surface area (Å²) in [5, 5.41) is 13.8. The number of benzene rings is 1. The van der Waals surface area contributed by atoms with Gasteiger partial charge in [0.1, 0.15) is 0 Å². The predicted molar refractivity (Wildman–Crippen MR) is 89.7 cm³/mol. The Bertz CT molecular complexity index is 433. The van der Waals surface area contributed by atoms with Crippen LogP contribution in [-0.4, -0.2) is 30.8 Å². The number of hydrogen-bond acceptors (Lipinski definition) is 3. The van der Waals surface area contributed by atoms with Crippen molar-refractivity contribution >= 4 is 5.69 Å². The average Bonchev–Trinajstić information content (AvgIpc) is 2.47. The van der Waals surface area contributed by atoms with Crippen LogP contribution in [0.3, 0.4) is 0 Å². The van der Waals surface area contributed by atoms with Gasteiger partial charge in [0.25, 0.3) is 0 Å². The number of aliphatic hydroxyl groups excluding tert-OH is 1. The monoisotopic (exact) mass is 290 g/mol. The van der Waals surface area contributed by atoms with Gasteiger partial charge in [0.15, 0.2) is 0 Å². The van der Waals surface area contributed by atoms with Crippen molar-refractivity contribution in [3.05, 3.63) is 29.8 Å². The molecule has 1 aliphatic carbocycles. The van der Waals surface area contributed by atoms with Gasteiger partial charge >= 0.3 is 0 Å². The molecule has 0 radical (unpaired) electrons. The fourth-order valence-electron chi connectivity index (χ4n) is 3.22. The highest BCUT2D eigenvalue weighted by atomic mass is 16.3. The molecule has 118 valence electrons. The van der Waals surface area contributed by atoms with Crippen LogP contribution in [0.1, 0.15) is 45.1 Å².